The summed E-state index contributed by atoms with van der Waals surface area (Å²) < 4.78 is 0. The standard InChI is InChI=1S/C16H22N4O/c1-10-6-11(2)14(17-8-10)15-19-12(7-13(21)20-15)9-18-16(3,4)5/h6-8,18H,9H2,1-5H3,(H,19,20,21). The first-order chi connectivity index (χ1) is 9.74. The van der Waals surface area contributed by atoms with Crippen LogP contribution in [0.2, 0.25) is 0 Å². The number of hydrogen-bond acceptors (Lipinski definition) is 4. The molecule has 5 heteroatoms. The van der Waals surface area contributed by atoms with E-state index in [2.05, 4.69) is 41.0 Å². The van der Waals surface area contributed by atoms with Crippen molar-refractivity contribution >= 4 is 0 Å². The van der Waals surface area contributed by atoms with Gasteiger partial charge in [0.25, 0.3) is 5.56 Å². The molecule has 0 aliphatic carbocycles. The van der Waals surface area contributed by atoms with Crippen molar-refractivity contribution in [3.05, 3.63) is 45.5 Å². The molecule has 0 radical (unpaired) electrons. The molecule has 2 rings (SSSR count). The molecule has 0 fully saturated rings. The largest absolute Gasteiger partial charge is 0.306 e. The second kappa shape index (κ2) is 5.77. The Hall–Kier alpha value is -2.01. The van der Waals surface area contributed by atoms with Crippen molar-refractivity contribution in [1.82, 2.24) is 20.3 Å². The zero-order valence-electron chi connectivity index (χ0n) is 13.2. The van der Waals surface area contributed by atoms with Crippen molar-refractivity contribution in [1.29, 1.82) is 0 Å². The van der Waals surface area contributed by atoms with Gasteiger partial charge in [-0.3, -0.25) is 9.78 Å². The van der Waals surface area contributed by atoms with Crippen molar-refractivity contribution in [2.45, 2.75) is 46.7 Å². The minimum Gasteiger partial charge on any atom is -0.306 e. The lowest BCUT2D eigenvalue weighted by Gasteiger charge is -2.20. The minimum atomic E-state index is -0.160. The monoisotopic (exact) mass is 286 g/mol. The van der Waals surface area contributed by atoms with Crippen molar-refractivity contribution in [3.63, 3.8) is 0 Å². The lowest BCUT2D eigenvalue weighted by Crippen LogP contribution is -2.35. The third-order valence-corrected chi connectivity index (χ3v) is 3.03. The van der Waals surface area contributed by atoms with Gasteiger partial charge in [0.1, 0.15) is 5.69 Å². The number of hydrogen-bond donors (Lipinski definition) is 2. The SMILES string of the molecule is Cc1cnc(-c2nc(CNC(C)(C)C)cc(=O)[nH]2)c(C)c1. The summed E-state index contributed by atoms with van der Waals surface area (Å²) in [6.45, 7) is 10.7. The van der Waals surface area contributed by atoms with E-state index in [1.54, 1.807) is 6.20 Å². The molecule has 112 valence electrons. The van der Waals surface area contributed by atoms with Crippen LogP contribution in [0.25, 0.3) is 11.5 Å². The molecule has 2 aromatic heterocycles. The van der Waals surface area contributed by atoms with Crippen LogP contribution in [0.1, 0.15) is 37.6 Å². The zero-order valence-corrected chi connectivity index (χ0v) is 13.2. The van der Waals surface area contributed by atoms with Gasteiger partial charge in [0.05, 0.1) is 5.69 Å². The van der Waals surface area contributed by atoms with Gasteiger partial charge in [-0.25, -0.2) is 4.98 Å². The van der Waals surface area contributed by atoms with Gasteiger partial charge in [-0.2, -0.15) is 0 Å². The zero-order chi connectivity index (χ0) is 15.6. The van der Waals surface area contributed by atoms with E-state index in [0.717, 1.165) is 16.8 Å². The molecule has 0 spiro atoms. The number of nitrogens with zero attached hydrogens (tertiary/aromatic N) is 2. The molecule has 0 aliphatic rings. The van der Waals surface area contributed by atoms with Gasteiger partial charge in [0.2, 0.25) is 0 Å². The predicted octanol–water partition coefficient (Wildman–Crippen LogP) is 2.34. The van der Waals surface area contributed by atoms with E-state index in [1.807, 2.05) is 19.9 Å². The van der Waals surface area contributed by atoms with Crippen molar-refractivity contribution in [3.8, 4) is 11.5 Å². The van der Waals surface area contributed by atoms with Crippen LogP contribution in [-0.4, -0.2) is 20.5 Å². The van der Waals surface area contributed by atoms with E-state index in [1.165, 1.54) is 6.07 Å². The number of aromatic amines is 1. The number of nitrogens with one attached hydrogen (secondary N) is 2. The second-order valence-electron chi connectivity index (χ2n) is 6.37. The summed E-state index contributed by atoms with van der Waals surface area (Å²) in [5.41, 5.74) is 3.33. The van der Waals surface area contributed by atoms with E-state index >= 15 is 0 Å². The van der Waals surface area contributed by atoms with E-state index in [4.69, 9.17) is 0 Å². The van der Waals surface area contributed by atoms with E-state index < -0.39 is 0 Å². The van der Waals surface area contributed by atoms with Crippen LogP contribution in [0.15, 0.2) is 23.1 Å². The lowest BCUT2D eigenvalue weighted by molar-refractivity contribution is 0.421. The van der Waals surface area contributed by atoms with Gasteiger partial charge in [0, 0.05) is 24.3 Å². The third kappa shape index (κ3) is 4.23. The smallest absolute Gasteiger partial charge is 0.251 e. The summed E-state index contributed by atoms with van der Waals surface area (Å²) in [7, 11) is 0. The molecule has 0 saturated carbocycles. The average molecular weight is 286 g/mol. The molecule has 0 amide bonds. The predicted molar refractivity (Wildman–Crippen MR) is 84.2 cm³/mol. The quantitative estimate of drug-likeness (QED) is 0.908. The Morgan fingerprint density at radius 3 is 2.57 bits per heavy atom. The molecule has 21 heavy (non-hydrogen) atoms. The van der Waals surface area contributed by atoms with Gasteiger partial charge in [-0.15, -0.1) is 0 Å². The molecule has 0 atom stereocenters. The maximum atomic E-state index is 11.8. The fraction of sp³-hybridized carbons (Fsp3) is 0.438. The summed E-state index contributed by atoms with van der Waals surface area (Å²) in [4.78, 5) is 23.5. The summed E-state index contributed by atoms with van der Waals surface area (Å²) in [5, 5.41) is 3.33. The number of H-pyrrole nitrogens is 1. The highest BCUT2D eigenvalue weighted by Crippen LogP contribution is 2.17. The maximum absolute atomic E-state index is 11.8. The van der Waals surface area contributed by atoms with Crippen molar-refractivity contribution in [2.24, 2.45) is 0 Å². The Bertz CT molecular complexity index is 698. The third-order valence-electron chi connectivity index (χ3n) is 3.03. The summed E-state index contributed by atoms with van der Waals surface area (Å²) in [6.07, 6.45) is 1.78. The molecule has 0 aliphatic heterocycles. The van der Waals surface area contributed by atoms with Crippen LogP contribution >= 0.6 is 0 Å². The molecular formula is C16H22N4O. The van der Waals surface area contributed by atoms with Gasteiger partial charge in [-0.05, 0) is 45.7 Å². The molecule has 0 saturated heterocycles. The topological polar surface area (TPSA) is 70.7 Å². The lowest BCUT2D eigenvalue weighted by atomic mass is 10.1. The highest BCUT2D eigenvalue weighted by Gasteiger charge is 2.12. The van der Waals surface area contributed by atoms with Crippen LogP contribution < -0.4 is 10.9 Å². The number of aromatic nitrogens is 3. The number of pyridine rings is 1. The first-order valence-electron chi connectivity index (χ1n) is 7.03. The van der Waals surface area contributed by atoms with Crippen LogP contribution in [-0.2, 0) is 6.54 Å². The Morgan fingerprint density at radius 2 is 1.95 bits per heavy atom. The van der Waals surface area contributed by atoms with Gasteiger partial charge in [0.15, 0.2) is 5.82 Å². The van der Waals surface area contributed by atoms with Crippen molar-refractivity contribution in [2.75, 3.05) is 0 Å². The second-order valence-corrected chi connectivity index (χ2v) is 6.37. The van der Waals surface area contributed by atoms with Crippen molar-refractivity contribution < 1.29 is 0 Å². The Morgan fingerprint density at radius 1 is 1.24 bits per heavy atom. The molecule has 0 aromatic carbocycles. The highest BCUT2D eigenvalue weighted by molar-refractivity contribution is 5.54. The fourth-order valence-electron chi connectivity index (χ4n) is 2.03. The Kier molecular flexibility index (Phi) is 4.23. The summed E-state index contributed by atoms with van der Waals surface area (Å²) in [6, 6.07) is 3.55. The first-order valence-corrected chi connectivity index (χ1v) is 7.03. The number of aryl methyl sites for hydroxylation is 2. The van der Waals surface area contributed by atoms with E-state index in [0.29, 0.717) is 18.1 Å². The summed E-state index contributed by atoms with van der Waals surface area (Å²) in [5.74, 6) is 0.519. The summed E-state index contributed by atoms with van der Waals surface area (Å²) >= 11 is 0. The maximum Gasteiger partial charge on any atom is 0.251 e. The Balaban J connectivity index is 2.37. The van der Waals surface area contributed by atoms with Gasteiger partial charge >= 0.3 is 0 Å². The van der Waals surface area contributed by atoms with Crippen LogP contribution in [0.3, 0.4) is 0 Å². The molecule has 0 bridgehead atoms. The number of rotatable bonds is 3. The van der Waals surface area contributed by atoms with Crippen LogP contribution in [0.5, 0.6) is 0 Å². The molecule has 0 unspecified atom stereocenters. The fourth-order valence-corrected chi connectivity index (χ4v) is 2.03. The molecular weight excluding hydrogens is 264 g/mol. The van der Waals surface area contributed by atoms with Crippen LogP contribution in [0.4, 0.5) is 0 Å². The Labute approximate surface area is 124 Å². The van der Waals surface area contributed by atoms with E-state index in [-0.39, 0.29) is 11.1 Å². The molecule has 2 aromatic rings. The van der Waals surface area contributed by atoms with Crippen LogP contribution in [0, 0.1) is 13.8 Å². The van der Waals surface area contributed by atoms with E-state index in [9.17, 15) is 4.79 Å². The average Bonchev–Trinajstić information content (AvgIpc) is 2.35. The van der Waals surface area contributed by atoms with Gasteiger partial charge < -0.3 is 10.3 Å². The molecule has 2 N–H and O–H groups in total. The normalized spacial score (nSPS) is 11.7. The first kappa shape index (κ1) is 15.4. The molecule has 2 heterocycles. The van der Waals surface area contributed by atoms with Gasteiger partial charge in [-0.1, -0.05) is 6.07 Å². The minimum absolute atomic E-state index is 0.0253. The molecule has 5 nitrogen and oxygen atoms in total. The highest BCUT2D eigenvalue weighted by atomic mass is 16.1.